The van der Waals surface area contributed by atoms with Gasteiger partial charge in [-0.05, 0) is 26.2 Å². The first-order valence-electron chi connectivity index (χ1n) is 9.82. The molecule has 4 heterocycles. The second-order valence-corrected chi connectivity index (χ2v) is 7.42. The number of ether oxygens (including phenoxy) is 1. The molecule has 27 heavy (non-hydrogen) atoms. The summed E-state index contributed by atoms with van der Waals surface area (Å²) in [5.74, 6) is 0.973. The van der Waals surface area contributed by atoms with Crippen molar-refractivity contribution in [2.24, 2.45) is 13.0 Å². The average molecular weight is 372 g/mol. The minimum atomic E-state index is -0.182. The molecule has 8 nitrogen and oxygen atoms in total. The van der Waals surface area contributed by atoms with E-state index in [0.717, 1.165) is 50.4 Å². The van der Waals surface area contributed by atoms with Gasteiger partial charge >= 0.3 is 0 Å². The summed E-state index contributed by atoms with van der Waals surface area (Å²) in [6, 6.07) is 0.216. The molecule has 2 aliphatic heterocycles. The molecule has 0 bridgehead atoms. The summed E-state index contributed by atoms with van der Waals surface area (Å²) in [4.78, 5) is 19.6. The van der Waals surface area contributed by atoms with E-state index < -0.39 is 0 Å². The van der Waals surface area contributed by atoms with Crippen LogP contribution < -0.4 is 10.2 Å². The molecule has 0 radical (unpaired) electrons. The van der Waals surface area contributed by atoms with E-state index in [0.29, 0.717) is 6.61 Å². The first-order valence-corrected chi connectivity index (χ1v) is 9.82. The van der Waals surface area contributed by atoms with Crippen LogP contribution in [0.3, 0.4) is 0 Å². The Morgan fingerprint density at radius 1 is 1.33 bits per heavy atom. The molecule has 0 saturated carbocycles. The molecular weight excluding hydrogens is 344 g/mol. The van der Waals surface area contributed by atoms with E-state index in [1.807, 2.05) is 48.0 Å². The molecule has 2 aromatic heterocycles. The number of piperidine rings is 1. The summed E-state index contributed by atoms with van der Waals surface area (Å²) in [5, 5.41) is 7.58. The van der Waals surface area contributed by atoms with E-state index in [2.05, 4.69) is 20.3 Å². The van der Waals surface area contributed by atoms with Gasteiger partial charge in [-0.3, -0.25) is 9.48 Å². The number of carbonyl (C=O) groups is 1. The number of aryl methyl sites for hydroxylation is 2. The van der Waals surface area contributed by atoms with E-state index in [1.54, 1.807) is 0 Å². The van der Waals surface area contributed by atoms with Crippen LogP contribution in [0.1, 0.15) is 37.9 Å². The monoisotopic (exact) mass is 372 g/mol. The predicted molar refractivity (Wildman–Crippen MR) is 101 cm³/mol. The fourth-order valence-corrected chi connectivity index (χ4v) is 4.08. The number of rotatable bonds is 5. The molecule has 0 aliphatic carbocycles. The largest absolute Gasteiger partial charge is 0.373 e. The normalized spacial score (nSPS) is 23.7. The Hall–Kier alpha value is -2.35. The molecule has 1 N–H and O–H groups in total. The highest BCUT2D eigenvalue weighted by atomic mass is 16.5. The molecule has 0 spiro atoms. The summed E-state index contributed by atoms with van der Waals surface area (Å²) in [6.45, 7) is 5.30. The second kappa shape index (κ2) is 7.72. The Kier molecular flexibility index (Phi) is 5.15. The summed E-state index contributed by atoms with van der Waals surface area (Å²) in [7, 11) is 2.01. The van der Waals surface area contributed by atoms with Crippen LogP contribution in [0, 0.1) is 5.92 Å². The van der Waals surface area contributed by atoms with Gasteiger partial charge in [-0.25, -0.2) is 4.98 Å². The highest BCUT2D eigenvalue weighted by Crippen LogP contribution is 2.34. The third-order valence-corrected chi connectivity index (χ3v) is 5.65. The lowest BCUT2D eigenvalue weighted by Crippen LogP contribution is -2.47. The molecule has 0 unspecified atom stereocenters. The van der Waals surface area contributed by atoms with Crippen molar-refractivity contribution in [1.29, 1.82) is 0 Å². The van der Waals surface area contributed by atoms with Crippen LogP contribution in [0.15, 0.2) is 24.8 Å². The average Bonchev–Trinajstić information content (AvgIpc) is 3.42. The summed E-state index contributed by atoms with van der Waals surface area (Å²) in [5.41, 5.74) is 0.999. The number of hydrogen-bond acceptors (Lipinski definition) is 5. The molecular formula is C19H28N6O2. The Bertz CT molecular complexity index is 777. The van der Waals surface area contributed by atoms with Gasteiger partial charge in [-0.15, -0.1) is 0 Å². The van der Waals surface area contributed by atoms with Crippen LogP contribution in [0.5, 0.6) is 0 Å². The Morgan fingerprint density at radius 3 is 2.81 bits per heavy atom. The van der Waals surface area contributed by atoms with Gasteiger partial charge in [0.15, 0.2) is 0 Å². The van der Waals surface area contributed by atoms with E-state index in [1.165, 1.54) is 0 Å². The van der Waals surface area contributed by atoms with Crippen molar-refractivity contribution in [1.82, 2.24) is 24.6 Å². The van der Waals surface area contributed by atoms with Crippen LogP contribution in [-0.2, 0) is 23.1 Å². The highest BCUT2D eigenvalue weighted by molar-refractivity contribution is 5.80. The van der Waals surface area contributed by atoms with Crippen molar-refractivity contribution in [3.8, 4) is 0 Å². The van der Waals surface area contributed by atoms with Gasteiger partial charge in [0, 0.05) is 63.5 Å². The van der Waals surface area contributed by atoms with Crippen molar-refractivity contribution in [3.63, 3.8) is 0 Å². The molecule has 2 aliphatic rings. The van der Waals surface area contributed by atoms with E-state index in [4.69, 9.17) is 4.74 Å². The molecule has 2 aromatic rings. The van der Waals surface area contributed by atoms with Crippen molar-refractivity contribution < 1.29 is 9.53 Å². The molecule has 1 amide bonds. The zero-order chi connectivity index (χ0) is 18.8. The number of hydrogen-bond donors (Lipinski definition) is 1. The SMILES string of the molecule is CCn1cc([C@H]2OCC[C@@H]2C(=O)NC2CCN(c3nccn3C)CC2)cn1. The quantitative estimate of drug-likeness (QED) is 0.861. The zero-order valence-corrected chi connectivity index (χ0v) is 16.0. The lowest BCUT2D eigenvalue weighted by molar-refractivity contribution is -0.127. The van der Waals surface area contributed by atoms with Gasteiger partial charge < -0.3 is 19.5 Å². The highest BCUT2D eigenvalue weighted by Gasteiger charge is 2.37. The van der Waals surface area contributed by atoms with Gasteiger partial charge in [-0.1, -0.05) is 0 Å². The molecule has 0 aromatic carbocycles. The van der Waals surface area contributed by atoms with Crippen LogP contribution in [0.4, 0.5) is 5.95 Å². The zero-order valence-electron chi connectivity index (χ0n) is 16.0. The topological polar surface area (TPSA) is 77.2 Å². The molecule has 2 fully saturated rings. The fraction of sp³-hybridized carbons (Fsp3) is 0.632. The number of nitrogens with one attached hydrogen (secondary N) is 1. The first-order chi connectivity index (χ1) is 13.2. The van der Waals surface area contributed by atoms with Crippen molar-refractivity contribution in [2.75, 3.05) is 24.6 Å². The maximum Gasteiger partial charge on any atom is 0.226 e. The maximum atomic E-state index is 12.9. The third kappa shape index (κ3) is 3.71. The number of aromatic nitrogens is 4. The molecule has 8 heteroatoms. The number of imidazole rings is 1. The standard InChI is InChI=1S/C19H28N6O2/c1-3-25-13-14(12-21-25)17-16(6-11-27-17)18(26)22-15-4-8-24(9-5-15)19-20-7-10-23(19)2/h7,10,12-13,15-17H,3-6,8-9,11H2,1-2H3,(H,22,26)/t16-,17+/m0/s1. The Labute approximate surface area is 159 Å². The Balaban J connectivity index is 1.33. The van der Waals surface area contributed by atoms with Crippen LogP contribution >= 0.6 is 0 Å². The number of amides is 1. The molecule has 2 atom stereocenters. The minimum absolute atomic E-state index is 0.109. The summed E-state index contributed by atoms with van der Waals surface area (Å²) < 4.78 is 9.78. The van der Waals surface area contributed by atoms with Crippen LogP contribution in [0.2, 0.25) is 0 Å². The Morgan fingerprint density at radius 2 is 2.15 bits per heavy atom. The van der Waals surface area contributed by atoms with E-state index in [9.17, 15) is 4.79 Å². The van der Waals surface area contributed by atoms with Gasteiger partial charge in [-0.2, -0.15) is 5.10 Å². The van der Waals surface area contributed by atoms with Gasteiger partial charge in [0.05, 0.1) is 18.2 Å². The molecule has 146 valence electrons. The van der Waals surface area contributed by atoms with Crippen molar-refractivity contribution >= 4 is 11.9 Å². The minimum Gasteiger partial charge on any atom is -0.373 e. The molecule has 2 saturated heterocycles. The maximum absolute atomic E-state index is 12.9. The lowest BCUT2D eigenvalue weighted by atomic mass is 9.95. The van der Waals surface area contributed by atoms with Gasteiger partial charge in [0.1, 0.15) is 0 Å². The number of carbonyl (C=O) groups excluding carboxylic acids is 1. The smallest absolute Gasteiger partial charge is 0.226 e. The lowest BCUT2D eigenvalue weighted by Gasteiger charge is -2.33. The predicted octanol–water partition coefficient (Wildman–Crippen LogP) is 1.50. The second-order valence-electron chi connectivity index (χ2n) is 7.42. The van der Waals surface area contributed by atoms with E-state index >= 15 is 0 Å². The molecule has 4 rings (SSSR count). The van der Waals surface area contributed by atoms with E-state index in [-0.39, 0.29) is 24.0 Å². The number of anilines is 1. The first kappa shape index (κ1) is 18.0. The summed E-state index contributed by atoms with van der Waals surface area (Å²) >= 11 is 0. The van der Waals surface area contributed by atoms with Crippen molar-refractivity contribution in [3.05, 3.63) is 30.4 Å². The van der Waals surface area contributed by atoms with Gasteiger partial charge in [0.25, 0.3) is 0 Å². The van der Waals surface area contributed by atoms with Gasteiger partial charge in [0.2, 0.25) is 11.9 Å². The number of nitrogens with zero attached hydrogens (tertiary/aromatic N) is 5. The van der Waals surface area contributed by atoms with Crippen LogP contribution in [0.25, 0.3) is 0 Å². The van der Waals surface area contributed by atoms with Crippen LogP contribution in [-0.4, -0.2) is 51.0 Å². The third-order valence-electron chi connectivity index (χ3n) is 5.65. The fourth-order valence-electron chi connectivity index (χ4n) is 4.08. The van der Waals surface area contributed by atoms with Crippen molar-refractivity contribution in [2.45, 2.75) is 44.9 Å². The summed E-state index contributed by atoms with van der Waals surface area (Å²) in [6.07, 6.45) is 10.0.